The van der Waals surface area contributed by atoms with Gasteiger partial charge in [0.05, 0.1) is 23.9 Å². The highest BCUT2D eigenvalue weighted by atomic mass is 19.4. The zero-order valence-electron chi connectivity index (χ0n) is 25.0. The van der Waals surface area contributed by atoms with Crippen molar-refractivity contribution in [3.8, 4) is 0 Å². The van der Waals surface area contributed by atoms with E-state index in [2.05, 4.69) is 20.7 Å². The van der Waals surface area contributed by atoms with Crippen LogP contribution in [0, 0.1) is 17.8 Å². The Morgan fingerprint density at radius 3 is 2.60 bits per heavy atom. The third-order valence-electron chi connectivity index (χ3n) is 9.26. The molecule has 2 N–H and O–H groups in total. The molecule has 1 saturated heterocycles. The van der Waals surface area contributed by atoms with Gasteiger partial charge in [0.15, 0.2) is 5.82 Å². The highest BCUT2D eigenvalue weighted by Gasteiger charge is 2.45. The molecule has 2 aliphatic carbocycles. The molecule has 11 nitrogen and oxygen atoms in total. The summed E-state index contributed by atoms with van der Waals surface area (Å²) in [5, 5.41) is 14.2. The van der Waals surface area contributed by atoms with E-state index in [1.807, 2.05) is 18.9 Å². The highest BCUT2D eigenvalue weighted by Crippen LogP contribution is 2.42. The fourth-order valence-corrected chi connectivity index (χ4v) is 6.44. The van der Waals surface area contributed by atoms with Crippen LogP contribution in [0.15, 0.2) is 18.5 Å². The maximum atomic E-state index is 14.1. The molecule has 0 aromatic carbocycles. The van der Waals surface area contributed by atoms with E-state index in [0.717, 1.165) is 12.8 Å². The van der Waals surface area contributed by atoms with Crippen molar-refractivity contribution in [1.82, 2.24) is 40.0 Å². The molecule has 0 radical (unpaired) electrons. The molecule has 4 heterocycles. The molecule has 0 bridgehead atoms. The standard InChI is InChI=1S/C29H36F5N9O2/c1-3-42-22(8-11-36-42)26(45)38-23(16-6-9-28(30,31)10-7-16)21-15-43-27(37-21)39-24(41(2)19-4-5-19)20(40-43)13-17-12-18(29(32,33)34)14-35-25(17)44/h8,11,15-19,23H,3-7,9-10,12-14H2,1-2H3,(H,35,44)(H,38,45)/t17-,18-,23+/m1/s1. The largest absolute Gasteiger partial charge is 0.393 e. The van der Waals surface area contributed by atoms with Gasteiger partial charge in [0.1, 0.15) is 11.4 Å². The lowest BCUT2D eigenvalue weighted by molar-refractivity contribution is -0.183. The molecule has 3 aromatic heterocycles. The molecule has 244 valence electrons. The van der Waals surface area contributed by atoms with Gasteiger partial charge in [-0.3, -0.25) is 14.3 Å². The lowest BCUT2D eigenvalue weighted by atomic mass is 9.81. The van der Waals surface area contributed by atoms with Crippen LogP contribution >= 0.6 is 0 Å². The second kappa shape index (κ2) is 11.8. The minimum Gasteiger partial charge on any atom is -0.355 e. The number of aromatic nitrogens is 6. The number of amides is 2. The zero-order chi connectivity index (χ0) is 32.1. The number of alkyl halides is 5. The van der Waals surface area contributed by atoms with E-state index in [1.54, 1.807) is 12.3 Å². The van der Waals surface area contributed by atoms with E-state index in [4.69, 9.17) is 10.1 Å². The number of piperidine rings is 1. The van der Waals surface area contributed by atoms with Gasteiger partial charge in [0.2, 0.25) is 11.8 Å². The van der Waals surface area contributed by atoms with E-state index < -0.39 is 48.3 Å². The van der Waals surface area contributed by atoms with Gasteiger partial charge >= 0.3 is 6.18 Å². The predicted octanol–water partition coefficient (Wildman–Crippen LogP) is 4.09. The van der Waals surface area contributed by atoms with Crippen LogP contribution in [0.5, 0.6) is 0 Å². The monoisotopic (exact) mass is 637 g/mol. The van der Waals surface area contributed by atoms with Crippen molar-refractivity contribution in [2.75, 3.05) is 18.5 Å². The summed E-state index contributed by atoms with van der Waals surface area (Å²) in [6.45, 7) is 1.85. The van der Waals surface area contributed by atoms with Gasteiger partial charge in [-0.1, -0.05) is 0 Å². The van der Waals surface area contributed by atoms with Crippen LogP contribution in [0.25, 0.3) is 5.78 Å². The minimum absolute atomic E-state index is 0.0554. The van der Waals surface area contributed by atoms with Gasteiger partial charge in [0, 0.05) is 57.6 Å². The molecule has 16 heteroatoms. The van der Waals surface area contributed by atoms with Crippen molar-refractivity contribution in [1.29, 1.82) is 0 Å². The number of anilines is 1. The zero-order valence-corrected chi connectivity index (χ0v) is 25.0. The number of imidazole rings is 1. The summed E-state index contributed by atoms with van der Waals surface area (Å²) >= 11 is 0. The third kappa shape index (κ3) is 6.59. The molecular weight excluding hydrogens is 601 g/mol. The Morgan fingerprint density at radius 1 is 1.20 bits per heavy atom. The Morgan fingerprint density at radius 2 is 1.93 bits per heavy atom. The van der Waals surface area contributed by atoms with Gasteiger partial charge in [-0.2, -0.15) is 28.4 Å². The summed E-state index contributed by atoms with van der Waals surface area (Å²) in [6, 6.07) is 1.02. The molecule has 2 amide bonds. The number of carbonyl (C=O) groups is 2. The lowest BCUT2D eigenvalue weighted by Crippen LogP contribution is -2.47. The summed E-state index contributed by atoms with van der Waals surface area (Å²) in [6.07, 6.45) is -0.244. The lowest BCUT2D eigenvalue weighted by Gasteiger charge is -2.33. The SMILES string of the molecule is CCn1nccc1C(=O)N[C@H](c1cn2nc(C[C@H]3C[C@@H](C(F)(F)F)CNC3=O)c(N(C)C3CC3)nc2n1)C1CCC(F)(F)CC1. The van der Waals surface area contributed by atoms with Gasteiger partial charge in [-0.05, 0) is 51.0 Å². The Kier molecular flexibility index (Phi) is 8.18. The number of carbonyl (C=O) groups excluding carboxylic acids is 2. The van der Waals surface area contributed by atoms with E-state index in [1.165, 1.54) is 15.4 Å². The van der Waals surface area contributed by atoms with E-state index in [-0.39, 0.29) is 56.3 Å². The van der Waals surface area contributed by atoms with E-state index in [9.17, 15) is 31.5 Å². The van der Waals surface area contributed by atoms with Crippen LogP contribution in [-0.2, 0) is 17.8 Å². The van der Waals surface area contributed by atoms with Crippen molar-refractivity contribution in [2.24, 2.45) is 17.8 Å². The first kappa shape index (κ1) is 31.1. The van der Waals surface area contributed by atoms with Crippen LogP contribution in [0.3, 0.4) is 0 Å². The molecule has 3 aliphatic rings. The fourth-order valence-electron chi connectivity index (χ4n) is 6.44. The average molecular weight is 638 g/mol. The minimum atomic E-state index is -4.44. The maximum Gasteiger partial charge on any atom is 0.393 e. The molecular formula is C29H36F5N9O2. The van der Waals surface area contributed by atoms with Crippen LogP contribution in [-0.4, -0.2) is 72.9 Å². The van der Waals surface area contributed by atoms with Crippen molar-refractivity contribution in [2.45, 2.75) is 89.0 Å². The fraction of sp³-hybridized carbons (Fsp3) is 0.655. The average Bonchev–Trinajstić information content (AvgIpc) is 3.58. The van der Waals surface area contributed by atoms with Crippen LogP contribution in [0.4, 0.5) is 27.8 Å². The first-order chi connectivity index (χ1) is 21.3. The first-order valence-electron chi connectivity index (χ1n) is 15.4. The second-order valence-corrected chi connectivity index (χ2v) is 12.4. The summed E-state index contributed by atoms with van der Waals surface area (Å²) in [5.74, 6) is -6.00. The van der Waals surface area contributed by atoms with Crippen molar-refractivity contribution >= 4 is 23.4 Å². The molecule has 3 aromatic rings. The molecule has 0 unspecified atom stereocenters. The molecule has 3 fully saturated rings. The number of rotatable bonds is 9. The predicted molar refractivity (Wildman–Crippen MR) is 152 cm³/mol. The molecule has 45 heavy (non-hydrogen) atoms. The number of halogens is 5. The Hall–Kier alpha value is -3.85. The quantitative estimate of drug-likeness (QED) is 0.339. The van der Waals surface area contributed by atoms with Crippen molar-refractivity contribution in [3.05, 3.63) is 35.5 Å². The number of hydrogen-bond acceptors (Lipinski definition) is 7. The number of nitrogens with one attached hydrogen (secondary N) is 2. The van der Waals surface area contributed by atoms with Crippen LogP contribution < -0.4 is 15.5 Å². The van der Waals surface area contributed by atoms with Gasteiger partial charge in [-0.25, -0.2) is 18.3 Å². The van der Waals surface area contributed by atoms with Crippen molar-refractivity contribution < 1.29 is 31.5 Å². The maximum absolute atomic E-state index is 14.1. The number of aryl methyl sites for hydroxylation is 1. The van der Waals surface area contributed by atoms with Crippen molar-refractivity contribution in [3.63, 3.8) is 0 Å². The molecule has 6 rings (SSSR count). The third-order valence-corrected chi connectivity index (χ3v) is 9.26. The topological polar surface area (TPSA) is 122 Å². The van der Waals surface area contributed by atoms with Crippen LogP contribution in [0.2, 0.25) is 0 Å². The number of fused-ring (bicyclic) bond motifs is 1. The van der Waals surface area contributed by atoms with Crippen LogP contribution in [0.1, 0.15) is 79.8 Å². The summed E-state index contributed by atoms with van der Waals surface area (Å²) in [5.41, 5.74) is 1.06. The van der Waals surface area contributed by atoms with E-state index >= 15 is 0 Å². The Bertz CT molecular complexity index is 1560. The molecule has 3 atom stereocenters. The van der Waals surface area contributed by atoms with Gasteiger partial charge in [0.25, 0.3) is 11.7 Å². The smallest absolute Gasteiger partial charge is 0.355 e. The normalized spacial score (nSPS) is 23.1. The van der Waals surface area contributed by atoms with E-state index in [0.29, 0.717) is 29.4 Å². The summed E-state index contributed by atoms with van der Waals surface area (Å²) in [7, 11) is 1.83. The Labute approximate surface area is 255 Å². The molecule has 0 spiro atoms. The number of hydrogen-bond donors (Lipinski definition) is 2. The number of nitrogens with zero attached hydrogens (tertiary/aromatic N) is 7. The summed E-state index contributed by atoms with van der Waals surface area (Å²) in [4.78, 5) is 37.4. The second-order valence-electron chi connectivity index (χ2n) is 12.4. The Balaban J connectivity index is 1.35. The first-order valence-corrected chi connectivity index (χ1v) is 15.4. The summed E-state index contributed by atoms with van der Waals surface area (Å²) < 4.78 is 71.7. The van der Waals surface area contributed by atoms with Gasteiger partial charge in [-0.15, -0.1) is 0 Å². The molecule has 1 aliphatic heterocycles. The molecule has 2 saturated carbocycles. The van der Waals surface area contributed by atoms with Gasteiger partial charge < -0.3 is 15.5 Å². The highest BCUT2D eigenvalue weighted by molar-refractivity contribution is 5.92.